The van der Waals surface area contributed by atoms with Gasteiger partial charge in [-0.3, -0.25) is 4.79 Å². The summed E-state index contributed by atoms with van der Waals surface area (Å²) in [5, 5.41) is 0. The van der Waals surface area contributed by atoms with Crippen molar-refractivity contribution in [3.05, 3.63) is 35.7 Å². The predicted octanol–water partition coefficient (Wildman–Crippen LogP) is 2.91. The van der Waals surface area contributed by atoms with Gasteiger partial charge >= 0.3 is 0 Å². The van der Waals surface area contributed by atoms with Crippen molar-refractivity contribution in [3.63, 3.8) is 0 Å². The molecule has 124 valence electrons. The van der Waals surface area contributed by atoms with Gasteiger partial charge in [0.15, 0.2) is 14.6 Å². The average molecular weight is 352 g/mol. The van der Waals surface area contributed by atoms with Gasteiger partial charge in [-0.25, -0.2) is 8.42 Å². The molecular formula is C16H20N2O3S2. The molecule has 23 heavy (non-hydrogen) atoms. The number of thiazole rings is 1. The zero-order valence-corrected chi connectivity index (χ0v) is 14.9. The molecule has 7 heteroatoms. The third kappa shape index (κ3) is 4.17. The van der Waals surface area contributed by atoms with Crippen molar-refractivity contribution in [1.29, 1.82) is 0 Å². The molecule has 0 aliphatic heterocycles. The summed E-state index contributed by atoms with van der Waals surface area (Å²) in [6.07, 6.45) is 5.09. The number of rotatable bonds is 6. The number of carbonyl (C=O) groups is 1. The van der Waals surface area contributed by atoms with E-state index in [-0.39, 0.29) is 10.8 Å². The van der Waals surface area contributed by atoms with Crippen LogP contribution in [-0.4, -0.2) is 25.1 Å². The van der Waals surface area contributed by atoms with Crippen LogP contribution in [0.3, 0.4) is 0 Å². The van der Waals surface area contributed by atoms with E-state index in [2.05, 4.69) is 11.6 Å². The Labute approximate surface area is 139 Å². The fraction of sp³-hybridized carbons (Fsp3) is 0.375. The molecule has 0 spiro atoms. The molecule has 1 amide bonds. The van der Waals surface area contributed by atoms with Crippen LogP contribution in [0, 0.1) is 0 Å². The minimum absolute atomic E-state index is 0.153. The van der Waals surface area contributed by atoms with Crippen molar-refractivity contribution in [2.75, 3.05) is 6.26 Å². The van der Waals surface area contributed by atoms with Gasteiger partial charge in [0.1, 0.15) is 0 Å². The molecule has 5 nitrogen and oxygen atoms in total. The topological polar surface area (TPSA) is 68.5 Å². The molecule has 1 aromatic heterocycles. The van der Waals surface area contributed by atoms with Crippen LogP contribution in [0.5, 0.6) is 0 Å². The molecule has 0 saturated heterocycles. The highest BCUT2D eigenvalue weighted by molar-refractivity contribution is 7.90. The highest BCUT2D eigenvalue weighted by Gasteiger charge is 2.12. The zero-order chi connectivity index (χ0) is 17.0. The van der Waals surface area contributed by atoms with Crippen LogP contribution in [0.1, 0.15) is 26.2 Å². The number of carbonyl (C=O) groups excluding carboxylic acids is 1. The van der Waals surface area contributed by atoms with Crippen molar-refractivity contribution in [2.45, 2.75) is 37.6 Å². The van der Waals surface area contributed by atoms with Crippen LogP contribution >= 0.6 is 11.3 Å². The molecule has 0 radical (unpaired) electrons. The molecular weight excluding hydrogens is 332 g/mol. The van der Waals surface area contributed by atoms with E-state index in [4.69, 9.17) is 0 Å². The van der Waals surface area contributed by atoms with Crippen LogP contribution < -0.4 is 4.80 Å². The number of benzene rings is 1. The van der Waals surface area contributed by atoms with Gasteiger partial charge in [0.05, 0.1) is 15.1 Å². The Kier molecular flexibility index (Phi) is 5.54. The van der Waals surface area contributed by atoms with E-state index in [0.29, 0.717) is 17.8 Å². The summed E-state index contributed by atoms with van der Waals surface area (Å²) in [6, 6.07) is 4.96. The molecule has 0 bridgehead atoms. The van der Waals surface area contributed by atoms with E-state index in [1.165, 1.54) is 17.6 Å². The first-order valence-corrected chi connectivity index (χ1v) is 10.1. The smallest absolute Gasteiger partial charge is 0.248 e. The van der Waals surface area contributed by atoms with Gasteiger partial charge in [-0.2, -0.15) is 4.99 Å². The summed E-state index contributed by atoms with van der Waals surface area (Å²) in [6.45, 7) is 6.27. The van der Waals surface area contributed by atoms with Gasteiger partial charge < -0.3 is 4.57 Å². The standard InChI is InChI=1S/C16H20N2O3S2/c1-4-6-7-15(19)17-16-18(10-5-2)13-9-8-12(23(3,20)21)11-14(13)22-16/h5,8-9,11H,2,4,6-7,10H2,1,3H3. The van der Waals surface area contributed by atoms with Crippen LogP contribution in [0.4, 0.5) is 0 Å². The molecule has 1 heterocycles. The van der Waals surface area contributed by atoms with Gasteiger partial charge in [0, 0.05) is 19.2 Å². The van der Waals surface area contributed by atoms with Crippen LogP contribution in [-0.2, 0) is 21.2 Å². The van der Waals surface area contributed by atoms with Gasteiger partial charge in [0.2, 0.25) is 5.91 Å². The Morgan fingerprint density at radius 2 is 2.17 bits per heavy atom. The minimum Gasteiger partial charge on any atom is -0.313 e. The lowest BCUT2D eigenvalue weighted by molar-refractivity contribution is -0.118. The first-order valence-electron chi connectivity index (χ1n) is 7.38. The molecule has 0 saturated carbocycles. The zero-order valence-electron chi connectivity index (χ0n) is 13.3. The SMILES string of the molecule is C=CCn1c(=NC(=O)CCCC)sc2cc(S(C)(=O)=O)ccc21. The molecule has 1 aromatic carbocycles. The Hall–Kier alpha value is -1.73. The highest BCUT2D eigenvalue weighted by atomic mass is 32.2. The summed E-state index contributed by atoms with van der Waals surface area (Å²) in [7, 11) is -3.27. The molecule has 0 unspecified atom stereocenters. The van der Waals surface area contributed by atoms with E-state index < -0.39 is 9.84 Å². The average Bonchev–Trinajstić information content (AvgIpc) is 2.81. The lowest BCUT2D eigenvalue weighted by Gasteiger charge is -2.02. The van der Waals surface area contributed by atoms with Gasteiger partial charge in [0.25, 0.3) is 0 Å². The van der Waals surface area contributed by atoms with E-state index in [0.717, 1.165) is 23.1 Å². The maximum Gasteiger partial charge on any atom is 0.248 e. The maximum atomic E-state index is 11.9. The first kappa shape index (κ1) is 17.6. The van der Waals surface area contributed by atoms with Crippen LogP contribution in [0.25, 0.3) is 10.2 Å². The molecule has 2 aromatic rings. The number of amides is 1. The van der Waals surface area contributed by atoms with Crippen molar-refractivity contribution >= 4 is 37.3 Å². The van der Waals surface area contributed by atoms with E-state index >= 15 is 0 Å². The fourth-order valence-electron chi connectivity index (χ4n) is 2.17. The summed E-state index contributed by atoms with van der Waals surface area (Å²) in [4.78, 5) is 17.0. The number of nitrogens with zero attached hydrogens (tertiary/aromatic N) is 2. The van der Waals surface area contributed by atoms with E-state index in [9.17, 15) is 13.2 Å². The third-order valence-electron chi connectivity index (χ3n) is 3.36. The Balaban J connectivity index is 2.60. The number of aromatic nitrogens is 1. The Bertz CT molecular complexity index is 905. The van der Waals surface area contributed by atoms with E-state index in [1.54, 1.807) is 24.3 Å². The Morgan fingerprint density at radius 3 is 2.78 bits per heavy atom. The summed E-state index contributed by atoms with van der Waals surface area (Å²) >= 11 is 1.32. The molecule has 0 aliphatic carbocycles. The monoisotopic (exact) mass is 352 g/mol. The molecule has 0 aliphatic rings. The quantitative estimate of drug-likeness (QED) is 0.751. The normalized spacial score (nSPS) is 12.7. The molecule has 0 fully saturated rings. The second kappa shape index (κ2) is 7.23. The second-order valence-corrected chi connectivity index (χ2v) is 8.32. The Morgan fingerprint density at radius 1 is 1.43 bits per heavy atom. The number of fused-ring (bicyclic) bond motifs is 1. The number of allylic oxidation sites excluding steroid dienone is 1. The number of unbranched alkanes of at least 4 members (excludes halogenated alkanes) is 1. The van der Waals surface area contributed by atoms with Gasteiger partial charge in [-0.1, -0.05) is 30.8 Å². The van der Waals surface area contributed by atoms with Gasteiger partial charge in [-0.05, 0) is 24.6 Å². The number of hydrogen-bond donors (Lipinski definition) is 0. The van der Waals surface area contributed by atoms with Crippen molar-refractivity contribution in [3.8, 4) is 0 Å². The van der Waals surface area contributed by atoms with Crippen LogP contribution in [0.2, 0.25) is 0 Å². The van der Waals surface area contributed by atoms with Gasteiger partial charge in [-0.15, -0.1) is 6.58 Å². The molecule has 2 rings (SSSR count). The second-order valence-electron chi connectivity index (χ2n) is 5.29. The lowest BCUT2D eigenvalue weighted by Crippen LogP contribution is -2.16. The van der Waals surface area contributed by atoms with Crippen molar-refractivity contribution in [1.82, 2.24) is 4.57 Å². The van der Waals surface area contributed by atoms with Crippen molar-refractivity contribution < 1.29 is 13.2 Å². The first-order chi connectivity index (χ1) is 10.9. The third-order valence-corrected chi connectivity index (χ3v) is 5.51. The lowest BCUT2D eigenvalue weighted by atomic mass is 10.2. The molecule has 0 N–H and O–H groups in total. The van der Waals surface area contributed by atoms with E-state index in [1.807, 2.05) is 11.5 Å². The summed E-state index contributed by atoms with van der Waals surface area (Å²) in [5.41, 5.74) is 0.851. The highest BCUT2D eigenvalue weighted by Crippen LogP contribution is 2.22. The minimum atomic E-state index is -3.27. The summed E-state index contributed by atoms with van der Waals surface area (Å²) in [5.74, 6) is -0.153. The molecule has 0 atom stereocenters. The number of sulfone groups is 1. The summed E-state index contributed by atoms with van der Waals surface area (Å²) < 4.78 is 26.1. The largest absolute Gasteiger partial charge is 0.313 e. The van der Waals surface area contributed by atoms with Crippen molar-refractivity contribution in [2.24, 2.45) is 4.99 Å². The predicted molar refractivity (Wildman–Crippen MR) is 93.2 cm³/mol. The fourth-order valence-corrected chi connectivity index (χ4v) is 3.98. The maximum absolute atomic E-state index is 11.9. The van der Waals surface area contributed by atoms with Crippen LogP contribution in [0.15, 0.2) is 40.7 Å². The number of hydrogen-bond acceptors (Lipinski definition) is 4.